The molecule has 0 amide bonds. The average Bonchev–Trinajstić information content (AvgIpc) is 2.45. The number of aliphatic carboxylic acids is 1. The molecule has 3 heteroatoms. The molecule has 0 aromatic rings. The first-order valence-electron chi connectivity index (χ1n) is 3.73. The number of rotatable bonds is 1. The van der Waals surface area contributed by atoms with Gasteiger partial charge in [0.25, 0.3) is 0 Å². The van der Waals surface area contributed by atoms with Gasteiger partial charge in [0.1, 0.15) is 4.87 Å². The van der Waals surface area contributed by atoms with Crippen LogP contribution in [0.3, 0.4) is 0 Å². The predicted molar refractivity (Wildman–Crippen MR) is 41.6 cm³/mol. The van der Waals surface area contributed by atoms with E-state index in [4.69, 9.17) is 16.7 Å². The fourth-order valence-electron chi connectivity index (χ4n) is 2.04. The van der Waals surface area contributed by atoms with Crippen LogP contribution in [0, 0.1) is 11.8 Å². The molecule has 1 saturated carbocycles. The molecule has 60 valence electrons. The van der Waals surface area contributed by atoms with Crippen LogP contribution in [0.15, 0.2) is 12.2 Å². The number of carboxylic acids is 1. The second-order valence-electron chi connectivity index (χ2n) is 3.36. The lowest BCUT2D eigenvalue weighted by atomic mass is 9.93. The minimum Gasteiger partial charge on any atom is -0.480 e. The van der Waals surface area contributed by atoms with Gasteiger partial charge in [0.15, 0.2) is 0 Å². The molecule has 2 aliphatic rings. The molecule has 2 aliphatic carbocycles. The molecule has 0 aromatic carbocycles. The summed E-state index contributed by atoms with van der Waals surface area (Å²) in [6.07, 6.45) is 5.55. The van der Waals surface area contributed by atoms with Gasteiger partial charge < -0.3 is 5.11 Å². The van der Waals surface area contributed by atoms with Crippen molar-refractivity contribution in [1.29, 1.82) is 0 Å². The summed E-state index contributed by atoms with van der Waals surface area (Å²) in [5.74, 6) is -0.392. The van der Waals surface area contributed by atoms with Crippen LogP contribution in [0.25, 0.3) is 0 Å². The molecular weight excluding hydrogens is 164 g/mol. The van der Waals surface area contributed by atoms with Gasteiger partial charge in [-0.05, 0) is 18.8 Å². The summed E-state index contributed by atoms with van der Waals surface area (Å²) in [6.45, 7) is 0. The number of hydrogen-bond acceptors (Lipinski definition) is 1. The van der Waals surface area contributed by atoms with Gasteiger partial charge in [-0.25, -0.2) is 0 Å². The van der Waals surface area contributed by atoms with Crippen LogP contribution in [0.1, 0.15) is 12.8 Å². The van der Waals surface area contributed by atoms with Gasteiger partial charge >= 0.3 is 5.97 Å². The number of allylic oxidation sites excluding steroid dienone is 2. The highest BCUT2D eigenvalue weighted by molar-refractivity contribution is 6.34. The van der Waals surface area contributed by atoms with Crippen LogP contribution in [-0.2, 0) is 4.79 Å². The van der Waals surface area contributed by atoms with E-state index in [1.54, 1.807) is 0 Å². The summed E-state index contributed by atoms with van der Waals surface area (Å²) >= 11 is 5.95. The van der Waals surface area contributed by atoms with Crippen molar-refractivity contribution in [1.82, 2.24) is 0 Å². The van der Waals surface area contributed by atoms with E-state index in [2.05, 4.69) is 6.08 Å². The summed E-state index contributed by atoms with van der Waals surface area (Å²) in [5, 5.41) is 8.83. The zero-order valence-electron chi connectivity index (χ0n) is 5.96. The molecule has 0 spiro atoms. The van der Waals surface area contributed by atoms with E-state index in [1.807, 2.05) is 6.08 Å². The van der Waals surface area contributed by atoms with Crippen LogP contribution < -0.4 is 0 Å². The maximum Gasteiger partial charge on any atom is 0.325 e. The number of hydrogen-bond donors (Lipinski definition) is 1. The Morgan fingerprint density at radius 1 is 1.64 bits per heavy atom. The highest BCUT2D eigenvalue weighted by Crippen LogP contribution is 2.50. The molecule has 0 aliphatic heterocycles. The summed E-state index contributed by atoms with van der Waals surface area (Å²) in [4.78, 5) is 9.76. The minimum atomic E-state index is -0.987. The first-order valence-corrected chi connectivity index (χ1v) is 4.11. The van der Waals surface area contributed by atoms with Crippen LogP contribution in [0.4, 0.5) is 0 Å². The Balaban J connectivity index is 2.30. The van der Waals surface area contributed by atoms with E-state index in [9.17, 15) is 4.79 Å². The van der Waals surface area contributed by atoms with Crippen molar-refractivity contribution in [2.75, 3.05) is 0 Å². The monoisotopic (exact) mass is 172 g/mol. The summed E-state index contributed by atoms with van der Waals surface area (Å²) in [7, 11) is 0. The van der Waals surface area contributed by atoms with Gasteiger partial charge in [-0.2, -0.15) is 0 Å². The van der Waals surface area contributed by atoms with Gasteiger partial charge in [0.05, 0.1) is 0 Å². The molecule has 11 heavy (non-hydrogen) atoms. The Bertz CT molecular complexity index is 236. The van der Waals surface area contributed by atoms with Crippen molar-refractivity contribution in [2.24, 2.45) is 11.8 Å². The van der Waals surface area contributed by atoms with E-state index < -0.39 is 10.8 Å². The molecule has 2 nitrogen and oxygen atoms in total. The van der Waals surface area contributed by atoms with Crippen LogP contribution in [0.5, 0.6) is 0 Å². The SMILES string of the molecule is O=C(O)[C@@]1(Cl)C[C@H]2C=C[C@H]1C2. The molecule has 0 unspecified atom stereocenters. The molecule has 3 atom stereocenters. The fourth-order valence-corrected chi connectivity index (χ4v) is 2.40. The molecule has 0 aromatic heterocycles. The smallest absolute Gasteiger partial charge is 0.325 e. The van der Waals surface area contributed by atoms with Crippen LogP contribution in [-0.4, -0.2) is 16.0 Å². The van der Waals surface area contributed by atoms with Crippen molar-refractivity contribution in [2.45, 2.75) is 17.7 Å². The standard InChI is InChI=1S/C8H9ClO2/c9-8(7(10)11)4-5-1-2-6(8)3-5/h1-2,5-6H,3-4H2,(H,10,11)/t5-,6-,8+/m0/s1. The fraction of sp³-hybridized carbons (Fsp3) is 0.625. The molecule has 0 heterocycles. The van der Waals surface area contributed by atoms with Gasteiger partial charge in [0, 0.05) is 5.92 Å². The number of carbonyl (C=O) groups is 1. The van der Waals surface area contributed by atoms with E-state index in [-0.39, 0.29) is 5.92 Å². The van der Waals surface area contributed by atoms with E-state index >= 15 is 0 Å². The topological polar surface area (TPSA) is 37.3 Å². The molecule has 1 fully saturated rings. The highest BCUT2D eigenvalue weighted by Gasteiger charge is 2.52. The minimum absolute atomic E-state index is 0.0617. The van der Waals surface area contributed by atoms with Crippen molar-refractivity contribution in [3.8, 4) is 0 Å². The normalized spacial score (nSPS) is 46.6. The Hall–Kier alpha value is -0.500. The van der Waals surface area contributed by atoms with Crippen LogP contribution >= 0.6 is 11.6 Å². The quantitative estimate of drug-likeness (QED) is 0.482. The van der Waals surface area contributed by atoms with Crippen molar-refractivity contribution in [3.05, 3.63) is 12.2 Å². The maximum absolute atomic E-state index is 10.7. The Labute approximate surface area is 69.9 Å². The maximum atomic E-state index is 10.7. The molecule has 0 saturated heterocycles. The number of halogens is 1. The first kappa shape index (κ1) is 7.17. The highest BCUT2D eigenvalue weighted by atomic mass is 35.5. The third kappa shape index (κ3) is 0.822. The number of fused-ring (bicyclic) bond motifs is 2. The lowest BCUT2D eigenvalue weighted by molar-refractivity contribution is -0.140. The van der Waals surface area contributed by atoms with Gasteiger partial charge in [-0.15, -0.1) is 11.6 Å². The Morgan fingerprint density at radius 3 is 2.64 bits per heavy atom. The molecular formula is C8H9ClO2. The second-order valence-corrected chi connectivity index (χ2v) is 4.03. The van der Waals surface area contributed by atoms with Gasteiger partial charge in [0.2, 0.25) is 0 Å². The number of alkyl halides is 1. The van der Waals surface area contributed by atoms with E-state index in [0.29, 0.717) is 12.3 Å². The predicted octanol–water partition coefficient (Wildman–Crippen LogP) is 1.64. The molecule has 0 radical (unpaired) electrons. The van der Waals surface area contributed by atoms with E-state index in [0.717, 1.165) is 6.42 Å². The first-order chi connectivity index (χ1) is 5.13. The summed E-state index contributed by atoms with van der Waals surface area (Å²) in [5.41, 5.74) is 0. The summed E-state index contributed by atoms with van der Waals surface area (Å²) < 4.78 is 0. The largest absolute Gasteiger partial charge is 0.480 e. The third-order valence-electron chi connectivity index (χ3n) is 2.67. The average molecular weight is 173 g/mol. The molecule has 2 bridgehead atoms. The Morgan fingerprint density at radius 2 is 2.36 bits per heavy atom. The van der Waals surface area contributed by atoms with Crippen molar-refractivity contribution >= 4 is 17.6 Å². The van der Waals surface area contributed by atoms with Gasteiger partial charge in [-0.1, -0.05) is 12.2 Å². The zero-order chi connectivity index (χ0) is 8.06. The second kappa shape index (κ2) is 2.01. The van der Waals surface area contributed by atoms with Crippen LogP contribution in [0.2, 0.25) is 0 Å². The van der Waals surface area contributed by atoms with Gasteiger partial charge in [-0.3, -0.25) is 4.79 Å². The molecule has 1 N–H and O–H groups in total. The molecule has 2 rings (SSSR count). The summed E-state index contributed by atoms with van der Waals surface area (Å²) in [6, 6.07) is 0. The lowest BCUT2D eigenvalue weighted by Gasteiger charge is -2.22. The number of carboxylic acid groups (broad SMARTS) is 1. The zero-order valence-corrected chi connectivity index (χ0v) is 6.71. The Kier molecular flexibility index (Phi) is 1.31. The van der Waals surface area contributed by atoms with Crippen molar-refractivity contribution in [3.63, 3.8) is 0 Å². The third-order valence-corrected chi connectivity index (χ3v) is 3.27. The lowest BCUT2D eigenvalue weighted by Crippen LogP contribution is -2.36. The van der Waals surface area contributed by atoms with E-state index in [1.165, 1.54) is 0 Å². The van der Waals surface area contributed by atoms with Crippen molar-refractivity contribution < 1.29 is 9.90 Å².